The summed E-state index contributed by atoms with van der Waals surface area (Å²) in [5, 5.41) is 6.69. The molecule has 1 atom stereocenters. The number of hydrazone groups is 1. The van der Waals surface area contributed by atoms with Crippen LogP contribution in [0.25, 0.3) is 0 Å². The largest absolute Gasteiger partial charge is 0.493 e. The van der Waals surface area contributed by atoms with Crippen molar-refractivity contribution in [1.82, 2.24) is 10.7 Å². The van der Waals surface area contributed by atoms with Crippen molar-refractivity contribution in [2.24, 2.45) is 11.0 Å². The Bertz CT molecular complexity index is 964. The molecular formula is C23H27FIN3O4. The molecule has 0 radical (unpaired) electrons. The van der Waals surface area contributed by atoms with Crippen molar-refractivity contribution in [3.05, 3.63) is 56.9 Å². The third-order valence-electron chi connectivity index (χ3n) is 4.43. The molecule has 0 aliphatic heterocycles. The lowest BCUT2D eigenvalue weighted by Gasteiger charge is -2.20. The lowest BCUT2D eigenvalue weighted by atomic mass is 10.0. The van der Waals surface area contributed by atoms with Gasteiger partial charge >= 0.3 is 0 Å². The van der Waals surface area contributed by atoms with E-state index in [1.54, 1.807) is 27.0 Å². The maximum absolute atomic E-state index is 13.1. The zero-order chi connectivity index (χ0) is 23.7. The first kappa shape index (κ1) is 25.6. The van der Waals surface area contributed by atoms with E-state index >= 15 is 0 Å². The number of hydrogen-bond acceptors (Lipinski definition) is 5. The molecule has 2 aromatic rings. The van der Waals surface area contributed by atoms with E-state index in [2.05, 4.69) is 38.4 Å². The Balaban J connectivity index is 2.07. The number of nitrogens with one attached hydrogen (secondary N) is 2. The van der Waals surface area contributed by atoms with E-state index in [4.69, 9.17) is 9.47 Å². The maximum atomic E-state index is 13.1. The Labute approximate surface area is 200 Å². The lowest BCUT2D eigenvalue weighted by molar-refractivity contribution is -0.123. The van der Waals surface area contributed by atoms with Crippen LogP contribution in [-0.4, -0.2) is 37.8 Å². The van der Waals surface area contributed by atoms with Gasteiger partial charge in [-0.2, -0.15) is 5.10 Å². The second-order valence-electron chi connectivity index (χ2n) is 7.32. The SMILES string of the molecule is CCCOc1c(I)cc(/C=N/NC(=O)C(NC(=O)c2ccc(F)cc2)C(C)C)cc1OC. The van der Waals surface area contributed by atoms with Crippen molar-refractivity contribution in [3.8, 4) is 11.5 Å². The Morgan fingerprint density at radius 2 is 1.91 bits per heavy atom. The quantitative estimate of drug-likeness (QED) is 0.262. The van der Waals surface area contributed by atoms with E-state index in [1.807, 2.05) is 13.0 Å². The number of carbonyl (C=O) groups is 2. The molecule has 2 rings (SSSR count). The third-order valence-corrected chi connectivity index (χ3v) is 5.23. The van der Waals surface area contributed by atoms with Crippen LogP contribution < -0.4 is 20.2 Å². The van der Waals surface area contributed by atoms with Gasteiger partial charge in [-0.05, 0) is 76.9 Å². The van der Waals surface area contributed by atoms with E-state index in [1.165, 1.54) is 30.5 Å². The number of carbonyl (C=O) groups excluding carboxylic acids is 2. The molecule has 1 unspecified atom stereocenters. The number of hydrogen-bond donors (Lipinski definition) is 2. The van der Waals surface area contributed by atoms with Crippen LogP contribution >= 0.6 is 22.6 Å². The predicted molar refractivity (Wildman–Crippen MR) is 130 cm³/mol. The third kappa shape index (κ3) is 7.18. The van der Waals surface area contributed by atoms with Gasteiger partial charge in [0.15, 0.2) is 11.5 Å². The summed E-state index contributed by atoms with van der Waals surface area (Å²) < 4.78 is 25.1. The molecular weight excluding hydrogens is 528 g/mol. The average molecular weight is 555 g/mol. The Morgan fingerprint density at radius 3 is 2.50 bits per heavy atom. The minimum atomic E-state index is -0.816. The predicted octanol–water partition coefficient (Wildman–Crippen LogP) is 4.13. The van der Waals surface area contributed by atoms with Gasteiger partial charge in [-0.3, -0.25) is 9.59 Å². The highest BCUT2D eigenvalue weighted by molar-refractivity contribution is 14.1. The number of halogens is 2. The van der Waals surface area contributed by atoms with Gasteiger partial charge in [0.2, 0.25) is 0 Å². The van der Waals surface area contributed by atoms with E-state index in [9.17, 15) is 14.0 Å². The topological polar surface area (TPSA) is 89.0 Å². The molecule has 0 fully saturated rings. The Kier molecular flexibility index (Phi) is 9.89. The molecule has 0 aliphatic rings. The van der Waals surface area contributed by atoms with Gasteiger partial charge in [0.1, 0.15) is 11.9 Å². The lowest BCUT2D eigenvalue weighted by Crippen LogP contribution is -2.48. The molecule has 0 saturated heterocycles. The molecule has 0 heterocycles. The molecule has 9 heteroatoms. The number of methoxy groups -OCH3 is 1. The van der Waals surface area contributed by atoms with Crippen molar-refractivity contribution < 1.29 is 23.5 Å². The summed E-state index contributed by atoms with van der Waals surface area (Å²) >= 11 is 2.15. The fraction of sp³-hybridized carbons (Fsp3) is 0.348. The zero-order valence-electron chi connectivity index (χ0n) is 18.4. The number of ether oxygens (including phenoxy) is 2. The van der Waals surface area contributed by atoms with Crippen LogP contribution in [0.2, 0.25) is 0 Å². The molecule has 2 N–H and O–H groups in total. The first-order valence-electron chi connectivity index (χ1n) is 10.2. The summed E-state index contributed by atoms with van der Waals surface area (Å²) in [6.45, 7) is 6.22. The van der Waals surface area contributed by atoms with E-state index in [0.717, 1.165) is 9.99 Å². The van der Waals surface area contributed by atoms with Gasteiger partial charge in [-0.25, -0.2) is 9.82 Å². The number of rotatable bonds is 10. The monoisotopic (exact) mass is 555 g/mol. The van der Waals surface area contributed by atoms with Crippen LogP contribution in [0.15, 0.2) is 41.5 Å². The van der Waals surface area contributed by atoms with Crippen molar-refractivity contribution in [2.75, 3.05) is 13.7 Å². The zero-order valence-corrected chi connectivity index (χ0v) is 20.6. The smallest absolute Gasteiger partial charge is 0.262 e. The highest BCUT2D eigenvalue weighted by atomic mass is 127. The molecule has 0 aliphatic carbocycles. The summed E-state index contributed by atoms with van der Waals surface area (Å²) in [5.74, 6) is -0.318. The van der Waals surface area contributed by atoms with Gasteiger partial charge in [0.05, 0.1) is 23.5 Å². The molecule has 172 valence electrons. The molecule has 2 amide bonds. The highest BCUT2D eigenvalue weighted by Crippen LogP contribution is 2.33. The summed E-state index contributed by atoms with van der Waals surface area (Å²) in [4.78, 5) is 25.0. The Hall–Kier alpha value is -2.69. The standard InChI is InChI=1S/C23H27FIN3O4/c1-5-10-32-21-18(25)11-15(12-19(21)31-4)13-26-28-23(30)20(14(2)3)27-22(29)16-6-8-17(24)9-7-16/h6-9,11-14,20H,5,10H2,1-4H3,(H,27,29)(H,28,30)/b26-13+. The minimum Gasteiger partial charge on any atom is -0.493 e. The molecule has 0 spiro atoms. The van der Waals surface area contributed by atoms with Gasteiger partial charge in [-0.1, -0.05) is 20.8 Å². The van der Waals surface area contributed by atoms with Crippen LogP contribution in [-0.2, 0) is 4.79 Å². The summed E-state index contributed by atoms with van der Waals surface area (Å²) in [5.41, 5.74) is 3.44. The number of benzene rings is 2. The van der Waals surface area contributed by atoms with Gasteiger partial charge in [0, 0.05) is 5.56 Å². The van der Waals surface area contributed by atoms with Gasteiger partial charge in [0.25, 0.3) is 11.8 Å². The highest BCUT2D eigenvalue weighted by Gasteiger charge is 2.24. The van der Waals surface area contributed by atoms with Crippen molar-refractivity contribution in [3.63, 3.8) is 0 Å². The number of amides is 2. The fourth-order valence-electron chi connectivity index (χ4n) is 2.76. The first-order valence-corrected chi connectivity index (χ1v) is 11.2. The molecule has 32 heavy (non-hydrogen) atoms. The van der Waals surface area contributed by atoms with Crippen molar-refractivity contribution in [1.29, 1.82) is 0 Å². The second kappa shape index (κ2) is 12.4. The van der Waals surface area contributed by atoms with Crippen LogP contribution in [0.5, 0.6) is 11.5 Å². The van der Waals surface area contributed by atoms with E-state index < -0.39 is 23.7 Å². The summed E-state index contributed by atoms with van der Waals surface area (Å²) in [7, 11) is 1.56. The van der Waals surface area contributed by atoms with Crippen LogP contribution in [0.4, 0.5) is 4.39 Å². The van der Waals surface area contributed by atoms with Gasteiger partial charge in [-0.15, -0.1) is 0 Å². The van der Waals surface area contributed by atoms with Gasteiger partial charge < -0.3 is 14.8 Å². The summed E-state index contributed by atoms with van der Waals surface area (Å²) in [6, 6.07) is 7.92. The first-order chi connectivity index (χ1) is 15.3. The molecule has 2 aromatic carbocycles. The van der Waals surface area contributed by atoms with Crippen LogP contribution in [0.3, 0.4) is 0 Å². The molecule has 0 saturated carbocycles. The number of nitrogens with zero attached hydrogens (tertiary/aromatic N) is 1. The second-order valence-corrected chi connectivity index (χ2v) is 8.48. The van der Waals surface area contributed by atoms with E-state index in [0.29, 0.717) is 23.7 Å². The normalized spacial score (nSPS) is 12.0. The van der Waals surface area contributed by atoms with Crippen LogP contribution in [0, 0.1) is 15.3 Å². The molecule has 0 aromatic heterocycles. The molecule has 7 nitrogen and oxygen atoms in total. The van der Waals surface area contributed by atoms with Crippen molar-refractivity contribution in [2.45, 2.75) is 33.2 Å². The van der Waals surface area contributed by atoms with E-state index in [-0.39, 0.29) is 11.5 Å². The average Bonchev–Trinajstić information content (AvgIpc) is 2.76. The maximum Gasteiger partial charge on any atom is 0.262 e. The van der Waals surface area contributed by atoms with Crippen LogP contribution in [0.1, 0.15) is 43.1 Å². The minimum absolute atomic E-state index is 0.189. The fourth-order valence-corrected chi connectivity index (χ4v) is 3.54. The molecule has 0 bridgehead atoms. The van der Waals surface area contributed by atoms with Crippen molar-refractivity contribution >= 4 is 40.6 Å². The summed E-state index contributed by atoms with van der Waals surface area (Å²) in [6.07, 6.45) is 2.37. The Morgan fingerprint density at radius 1 is 1.22 bits per heavy atom.